The van der Waals surface area contributed by atoms with Crippen LogP contribution < -0.4 is 5.32 Å². The Labute approximate surface area is 129 Å². The van der Waals surface area contributed by atoms with Crippen LogP contribution in [0.2, 0.25) is 5.02 Å². The SMILES string of the molecule is Cc1ccc(Cl)cc1NC(=O)N1CCc2ccccc2C1. The van der Waals surface area contributed by atoms with Gasteiger partial charge < -0.3 is 10.2 Å². The normalized spacial score (nSPS) is 13.7. The maximum absolute atomic E-state index is 12.4. The Morgan fingerprint density at radius 1 is 1.19 bits per heavy atom. The molecule has 4 heteroatoms. The van der Waals surface area contributed by atoms with E-state index in [0.717, 1.165) is 24.2 Å². The predicted molar refractivity (Wildman–Crippen MR) is 85.8 cm³/mol. The number of anilines is 1. The van der Waals surface area contributed by atoms with E-state index in [0.29, 0.717) is 11.6 Å². The number of amides is 2. The minimum absolute atomic E-state index is 0.0742. The molecule has 1 N–H and O–H groups in total. The van der Waals surface area contributed by atoms with E-state index in [1.54, 1.807) is 6.07 Å². The third-order valence-corrected chi connectivity index (χ3v) is 4.09. The molecule has 0 saturated heterocycles. The molecule has 0 unspecified atom stereocenters. The number of fused-ring (bicyclic) bond motifs is 1. The van der Waals surface area contributed by atoms with Gasteiger partial charge in [0.15, 0.2) is 0 Å². The van der Waals surface area contributed by atoms with Crippen LogP contribution in [0.4, 0.5) is 10.5 Å². The van der Waals surface area contributed by atoms with Crippen molar-refractivity contribution in [2.75, 3.05) is 11.9 Å². The second-order valence-electron chi connectivity index (χ2n) is 5.33. The summed E-state index contributed by atoms with van der Waals surface area (Å²) in [6.07, 6.45) is 0.901. The van der Waals surface area contributed by atoms with E-state index in [4.69, 9.17) is 11.6 Å². The van der Waals surface area contributed by atoms with Crippen molar-refractivity contribution in [2.24, 2.45) is 0 Å². The van der Waals surface area contributed by atoms with Crippen LogP contribution >= 0.6 is 11.6 Å². The highest BCUT2D eigenvalue weighted by Gasteiger charge is 2.20. The molecule has 0 aliphatic carbocycles. The fraction of sp³-hybridized carbons (Fsp3) is 0.235. The standard InChI is InChI=1S/C17H17ClN2O/c1-12-6-7-15(18)10-16(12)19-17(21)20-9-8-13-4-2-3-5-14(13)11-20/h2-7,10H,8-9,11H2,1H3,(H,19,21). The molecule has 0 bridgehead atoms. The quantitative estimate of drug-likeness (QED) is 0.839. The van der Waals surface area contributed by atoms with Crippen LogP contribution in [0.25, 0.3) is 0 Å². The molecule has 3 rings (SSSR count). The maximum atomic E-state index is 12.4. The Bertz CT molecular complexity index is 684. The Morgan fingerprint density at radius 2 is 1.95 bits per heavy atom. The molecule has 0 saturated carbocycles. The summed E-state index contributed by atoms with van der Waals surface area (Å²) in [5.41, 5.74) is 4.33. The maximum Gasteiger partial charge on any atom is 0.322 e. The number of halogens is 1. The molecular weight excluding hydrogens is 284 g/mol. The van der Waals surface area contributed by atoms with Crippen LogP contribution in [0, 0.1) is 6.92 Å². The van der Waals surface area contributed by atoms with Gasteiger partial charge in [-0.25, -0.2) is 4.79 Å². The zero-order valence-corrected chi connectivity index (χ0v) is 12.7. The lowest BCUT2D eigenvalue weighted by molar-refractivity contribution is 0.206. The van der Waals surface area contributed by atoms with Crippen LogP contribution in [0.5, 0.6) is 0 Å². The number of urea groups is 1. The number of benzene rings is 2. The van der Waals surface area contributed by atoms with E-state index in [1.165, 1.54) is 11.1 Å². The first-order chi connectivity index (χ1) is 10.1. The number of nitrogens with one attached hydrogen (secondary N) is 1. The fourth-order valence-electron chi connectivity index (χ4n) is 2.59. The van der Waals surface area contributed by atoms with E-state index in [9.17, 15) is 4.79 Å². The molecule has 0 atom stereocenters. The number of carbonyl (C=O) groups is 1. The second-order valence-corrected chi connectivity index (χ2v) is 5.77. The molecule has 0 spiro atoms. The topological polar surface area (TPSA) is 32.3 Å². The predicted octanol–water partition coefficient (Wildman–Crippen LogP) is 4.24. The monoisotopic (exact) mass is 300 g/mol. The van der Waals surface area contributed by atoms with Gasteiger partial charge in [0.25, 0.3) is 0 Å². The van der Waals surface area contributed by atoms with Gasteiger partial charge in [0.2, 0.25) is 0 Å². The zero-order chi connectivity index (χ0) is 14.8. The van der Waals surface area contributed by atoms with Crippen LogP contribution in [-0.4, -0.2) is 17.5 Å². The van der Waals surface area contributed by atoms with Gasteiger partial charge in [0.1, 0.15) is 0 Å². The lowest BCUT2D eigenvalue weighted by Gasteiger charge is -2.29. The molecule has 0 aromatic heterocycles. The fourth-order valence-corrected chi connectivity index (χ4v) is 2.76. The molecule has 2 aromatic rings. The molecule has 1 aliphatic rings. The van der Waals surface area contributed by atoms with Gasteiger partial charge in [-0.3, -0.25) is 0 Å². The minimum atomic E-state index is -0.0742. The van der Waals surface area contributed by atoms with Gasteiger partial charge in [-0.05, 0) is 42.2 Å². The Balaban J connectivity index is 1.74. The van der Waals surface area contributed by atoms with Crippen molar-refractivity contribution >= 4 is 23.3 Å². The molecule has 2 aromatic carbocycles. The summed E-state index contributed by atoms with van der Waals surface area (Å²) in [6, 6.07) is 13.7. The first-order valence-electron chi connectivity index (χ1n) is 7.02. The van der Waals surface area contributed by atoms with Crippen LogP contribution in [0.3, 0.4) is 0 Å². The number of hydrogen-bond donors (Lipinski definition) is 1. The molecule has 0 fully saturated rings. The molecular formula is C17H17ClN2O. The molecule has 2 amide bonds. The van der Waals surface area contributed by atoms with Gasteiger partial charge in [-0.2, -0.15) is 0 Å². The van der Waals surface area contributed by atoms with Crippen molar-refractivity contribution in [3.63, 3.8) is 0 Å². The zero-order valence-electron chi connectivity index (χ0n) is 11.9. The third kappa shape index (κ3) is 3.03. The summed E-state index contributed by atoms with van der Waals surface area (Å²) in [6.45, 7) is 3.35. The average Bonchev–Trinajstić information content (AvgIpc) is 2.50. The van der Waals surface area contributed by atoms with E-state index in [2.05, 4.69) is 17.4 Å². The van der Waals surface area contributed by atoms with Gasteiger partial charge in [-0.1, -0.05) is 41.9 Å². The minimum Gasteiger partial charge on any atom is -0.320 e. The molecule has 108 valence electrons. The molecule has 21 heavy (non-hydrogen) atoms. The molecule has 1 aliphatic heterocycles. The number of hydrogen-bond acceptors (Lipinski definition) is 1. The van der Waals surface area contributed by atoms with Crippen molar-refractivity contribution in [3.8, 4) is 0 Å². The Kier molecular flexibility index (Phi) is 3.84. The Morgan fingerprint density at radius 3 is 2.76 bits per heavy atom. The summed E-state index contributed by atoms with van der Waals surface area (Å²) in [5.74, 6) is 0. The average molecular weight is 301 g/mol. The van der Waals surface area contributed by atoms with Crippen molar-refractivity contribution < 1.29 is 4.79 Å². The number of carbonyl (C=O) groups excluding carboxylic acids is 1. The summed E-state index contributed by atoms with van der Waals surface area (Å²) >= 11 is 5.99. The van der Waals surface area contributed by atoms with Crippen LogP contribution in [0.15, 0.2) is 42.5 Å². The van der Waals surface area contributed by atoms with Crippen LogP contribution in [0.1, 0.15) is 16.7 Å². The first-order valence-corrected chi connectivity index (χ1v) is 7.40. The highest BCUT2D eigenvalue weighted by molar-refractivity contribution is 6.31. The third-order valence-electron chi connectivity index (χ3n) is 3.86. The first kappa shape index (κ1) is 14.0. The second kappa shape index (κ2) is 5.78. The van der Waals surface area contributed by atoms with E-state index >= 15 is 0 Å². The summed E-state index contributed by atoms with van der Waals surface area (Å²) < 4.78 is 0. The molecule has 1 heterocycles. The Hall–Kier alpha value is -2.00. The van der Waals surface area contributed by atoms with Gasteiger partial charge in [-0.15, -0.1) is 0 Å². The summed E-state index contributed by atoms with van der Waals surface area (Å²) in [7, 11) is 0. The van der Waals surface area contributed by atoms with Gasteiger partial charge in [0, 0.05) is 23.8 Å². The lowest BCUT2D eigenvalue weighted by Crippen LogP contribution is -2.38. The van der Waals surface area contributed by atoms with Gasteiger partial charge >= 0.3 is 6.03 Å². The molecule has 0 radical (unpaired) electrons. The van der Waals surface area contributed by atoms with Crippen molar-refractivity contribution in [2.45, 2.75) is 19.9 Å². The van der Waals surface area contributed by atoms with E-state index in [-0.39, 0.29) is 6.03 Å². The van der Waals surface area contributed by atoms with E-state index in [1.807, 2.05) is 36.1 Å². The summed E-state index contributed by atoms with van der Waals surface area (Å²) in [4.78, 5) is 14.2. The smallest absolute Gasteiger partial charge is 0.320 e. The number of aryl methyl sites for hydroxylation is 1. The highest BCUT2D eigenvalue weighted by Crippen LogP contribution is 2.22. The van der Waals surface area contributed by atoms with Crippen molar-refractivity contribution in [1.82, 2.24) is 4.90 Å². The van der Waals surface area contributed by atoms with Crippen LogP contribution in [-0.2, 0) is 13.0 Å². The van der Waals surface area contributed by atoms with Crippen molar-refractivity contribution in [3.05, 3.63) is 64.2 Å². The van der Waals surface area contributed by atoms with Crippen molar-refractivity contribution in [1.29, 1.82) is 0 Å². The summed E-state index contributed by atoms with van der Waals surface area (Å²) in [5, 5.41) is 3.58. The van der Waals surface area contributed by atoms with E-state index < -0.39 is 0 Å². The van der Waals surface area contributed by atoms with Gasteiger partial charge in [0.05, 0.1) is 0 Å². The lowest BCUT2D eigenvalue weighted by atomic mass is 10.0. The number of rotatable bonds is 1. The highest BCUT2D eigenvalue weighted by atomic mass is 35.5. The largest absolute Gasteiger partial charge is 0.322 e. The number of nitrogens with zero attached hydrogens (tertiary/aromatic N) is 1. The molecule has 3 nitrogen and oxygen atoms in total.